The molecule has 7 nitrogen and oxygen atoms in total. The molecule has 0 saturated heterocycles. The van der Waals surface area contributed by atoms with E-state index in [0.29, 0.717) is 32.6 Å². The third-order valence-electron chi connectivity index (χ3n) is 4.68. The van der Waals surface area contributed by atoms with E-state index < -0.39 is 0 Å². The van der Waals surface area contributed by atoms with Crippen molar-refractivity contribution in [3.8, 4) is 17.0 Å². The number of aliphatic hydroxyl groups is 1. The number of hydrogen-bond acceptors (Lipinski definition) is 8. The van der Waals surface area contributed by atoms with Gasteiger partial charge in [-0.25, -0.2) is 14.4 Å². The highest BCUT2D eigenvalue weighted by atomic mass is 35.5. The van der Waals surface area contributed by atoms with E-state index in [-0.39, 0.29) is 5.82 Å². The predicted octanol–water partition coefficient (Wildman–Crippen LogP) is 5.57. The highest BCUT2D eigenvalue weighted by Crippen LogP contribution is 2.35. The number of aromatic nitrogens is 3. The van der Waals surface area contributed by atoms with Gasteiger partial charge in [0.1, 0.15) is 5.82 Å². The van der Waals surface area contributed by atoms with E-state index in [2.05, 4.69) is 25.0 Å². The molecule has 4 rings (SSSR count). The summed E-state index contributed by atoms with van der Waals surface area (Å²) >= 11 is 7.20. The molecule has 3 aromatic heterocycles. The van der Waals surface area contributed by atoms with Gasteiger partial charge in [0.25, 0.3) is 0 Å². The lowest BCUT2D eigenvalue weighted by Gasteiger charge is -2.13. The monoisotopic (exact) mass is 487 g/mol. The van der Waals surface area contributed by atoms with Crippen LogP contribution in [0.25, 0.3) is 22.0 Å². The predicted molar refractivity (Wildman–Crippen MR) is 133 cm³/mol. The smallest absolute Gasteiger partial charge is 0.228 e. The number of aliphatic hydroxyl groups excluding tert-OH is 1. The summed E-state index contributed by atoms with van der Waals surface area (Å²) < 4.78 is 23.7. The van der Waals surface area contributed by atoms with E-state index in [0.717, 1.165) is 29.5 Å². The van der Waals surface area contributed by atoms with Crippen LogP contribution in [0.2, 0.25) is 5.02 Å². The molecule has 0 atom stereocenters. The van der Waals surface area contributed by atoms with Crippen LogP contribution in [-0.4, -0.2) is 41.3 Å². The molecular formula is C23H23ClFN5O2S. The first-order chi connectivity index (χ1) is 16.0. The second-order valence-corrected chi connectivity index (χ2v) is 7.95. The molecule has 0 fully saturated rings. The lowest BCUT2D eigenvalue weighted by Crippen LogP contribution is -1.98. The van der Waals surface area contributed by atoms with Crippen molar-refractivity contribution in [1.29, 1.82) is 0 Å². The molecule has 4 aromatic rings. The van der Waals surface area contributed by atoms with Crippen LogP contribution in [0.15, 0.2) is 53.7 Å². The first kappa shape index (κ1) is 24.5. The first-order valence-electron chi connectivity index (χ1n) is 9.81. The molecule has 1 aromatic carbocycles. The zero-order valence-electron chi connectivity index (χ0n) is 18.5. The van der Waals surface area contributed by atoms with E-state index in [1.54, 1.807) is 37.5 Å². The summed E-state index contributed by atoms with van der Waals surface area (Å²) in [6, 6.07) is 10.7. The second kappa shape index (κ2) is 11.1. The Labute approximate surface area is 200 Å². The topological polar surface area (TPSA) is 92.2 Å². The first-order valence-corrected chi connectivity index (χ1v) is 11.0. The molecule has 0 spiro atoms. The maximum atomic E-state index is 15.4. The number of ether oxygens (including phenoxy) is 1. The van der Waals surface area contributed by atoms with E-state index in [1.165, 1.54) is 25.3 Å². The van der Waals surface area contributed by atoms with Gasteiger partial charge in [-0.05, 0) is 37.1 Å². The van der Waals surface area contributed by atoms with Crippen molar-refractivity contribution in [2.45, 2.75) is 11.8 Å². The van der Waals surface area contributed by atoms with Crippen molar-refractivity contribution in [2.75, 3.05) is 31.3 Å². The van der Waals surface area contributed by atoms with Gasteiger partial charge in [-0.2, -0.15) is 0 Å². The molecule has 0 saturated carbocycles. The lowest BCUT2D eigenvalue weighted by molar-refractivity contribution is 0.387. The van der Waals surface area contributed by atoms with Gasteiger partial charge >= 0.3 is 0 Å². The van der Waals surface area contributed by atoms with Gasteiger partial charge in [-0.1, -0.05) is 23.7 Å². The molecule has 172 valence electrons. The summed E-state index contributed by atoms with van der Waals surface area (Å²) in [6.07, 6.45) is 3.22. The maximum absolute atomic E-state index is 15.4. The van der Waals surface area contributed by atoms with Crippen LogP contribution in [0.5, 0.6) is 5.88 Å². The summed E-state index contributed by atoms with van der Waals surface area (Å²) in [5, 5.41) is 11.3. The Kier molecular flexibility index (Phi) is 8.26. The quantitative estimate of drug-likeness (QED) is 0.304. The number of benzene rings is 1. The van der Waals surface area contributed by atoms with Crippen molar-refractivity contribution >= 4 is 46.0 Å². The number of aryl methyl sites for hydroxylation is 1. The van der Waals surface area contributed by atoms with E-state index in [9.17, 15) is 0 Å². The number of nitrogens with zero attached hydrogens (tertiary/aromatic N) is 3. The van der Waals surface area contributed by atoms with Gasteiger partial charge in [0.2, 0.25) is 5.88 Å². The molecule has 33 heavy (non-hydrogen) atoms. The maximum Gasteiger partial charge on any atom is 0.228 e. The van der Waals surface area contributed by atoms with Crippen molar-refractivity contribution in [3.63, 3.8) is 0 Å². The molecule has 0 radical (unpaired) electrons. The molecule has 0 amide bonds. The van der Waals surface area contributed by atoms with Crippen LogP contribution < -0.4 is 14.8 Å². The van der Waals surface area contributed by atoms with Gasteiger partial charge in [0, 0.05) is 54.8 Å². The van der Waals surface area contributed by atoms with Gasteiger partial charge < -0.3 is 19.9 Å². The van der Waals surface area contributed by atoms with Crippen LogP contribution in [-0.2, 0) is 0 Å². The largest absolute Gasteiger partial charge is 0.480 e. The Morgan fingerprint density at radius 1 is 1.09 bits per heavy atom. The van der Waals surface area contributed by atoms with Gasteiger partial charge in [-0.3, -0.25) is 4.98 Å². The normalized spacial score (nSPS) is 10.4. The Morgan fingerprint density at radius 2 is 1.88 bits per heavy atom. The Morgan fingerprint density at radius 3 is 2.61 bits per heavy atom. The third-order valence-corrected chi connectivity index (χ3v) is 5.72. The van der Waals surface area contributed by atoms with E-state index in [4.69, 9.17) is 21.4 Å². The van der Waals surface area contributed by atoms with Crippen molar-refractivity contribution in [3.05, 3.63) is 65.3 Å². The average molecular weight is 488 g/mol. The van der Waals surface area contributed by atoms with Gasteiger partial charge in [0.15, 0.2) is 5.82 Å². The Balaban J connectivity index is 0.00000149. The van der Waals surface area contributed by atoms with Crippen LogP contribution in [0, 0.1) is 12.7 Å². The average Bonchev–Trinajstić information content (AvgIpc) is 2.84. The number of halogens is 2. The molecule has 0 aliphatic rings. The fourth-order valence-electron chi connectivity index (χ4n) is 3.14. The molecule has 0 bridgehead atoms. The number of anilines is 2. The third kappa shape index (κ3) is 5.44. The molecule has 3 N–H and O–H groups in total. The molecular weight excluding hydrogens is 465 g/mol. The lowest BCUT2D eigenvalue weighted by atomic mass is 10.0. The zero-order valence-corrected chi connectivity index (χ0v) is 20.1. The molecule has 10 heteroatoms. The Hall–Kier alpha value is -3.14. The standard InChI is InChI=1S/C22H19ClFN5OS.CH4O/c1-12-16(7-13-10-26-20(25-2)9-18(13)28-12)15-5-4-6-17(21(15)24)29-31-19-8-14(23)11-27-22(19)30-3;1-2/h4-11,29H,1-3H3,(H,25,26);2H,1H3. The number of rotatable bonds is 6. The Bertz CT molecular complexity index is 1280. The summed E-state index contributed by atoms with van der Waals surface area (Å²) in [6.45, 7) is 1.87. The van der Waals surface area contributed by atoms with Gasteiger partial charge in [0.05, 0.1) is 28.2 Å². The van der Waals surface area contributed by atoms with Crippen molar-refractivity contribution in [2.24, 2.45) is 0 Å². The zero-order chi connectivity index (χ0) is 24.0. The summed E-state index contributed by atoms with van der Waals surface area (Å²) in [7, 11) is 4.32. The van der Waals surface area contributed by atoms with Crippen LogP contribution in [0.3, 0.4) is 0 Å². The minimum Gasteiger partial charge on any atom is -0.480 e. The SMILES string of the molecule is CNc1cc2nc(C)c(-c3cccc(NSc4cc(Cl)cnc4OC)c3F)cc2cn1.CO. The molecule has 3 heterocycles. The summed E-state index contributed by atoms with van der Waals surface area (Å²) in [5.41, 5.74) is 3.01. The van der Waals surface area contributed by atoms with Crippen LogP contribution in [0.1, 0.15) is 5.69 Å². The van der Waals surface area contributed by atoms with E-state index >= 15 is 4.39 Å². The minimum absolute atomic E-state index is 0.327. The highest BCUT2D eigenvalue weighted by Gasteiger charge is 2.15. The summed E-state index contributed by atoms with van der Waals surface area (Å²) in [5.74, 6) is 0.752. The van der Waals surface area contributed by atoms with Crippen LogP contribution in [0.4, 0.5) is 15.9 Å². The number of pyridine rings is 3. The second-order valence-electron chi connectivity index (χ2n) is 6.67. The van der Waals surface area contributed by atoms with Crippen molar-refractivity contribution < 1.29 is 14.2 Å². The molecule has 0 aliphatic heterocycles. The number of hydrogen-bond donors (Lipinski definition) is 3. The number of fused-ring (bicyclic) bond motifs is 1. The fraction of sp³-hybridized carbons (Fsp3) is 0.174. The highest BCUT2D eigenvalue weighted by molar-refractivity contribution is 8.00. The minimum atomic E-state index is -0.381. The number of methoxy groups -OCH3 is 1. The molecule has 0 aliphatic carbocycles. The molecule has 0 unspecified atom stereocenters. The fourth-order valence-corrected chi connectivity index (χ4v) is 4.15. The van der Waals surface area contributed by atoms with Crippen molar-refractivity contribution in [1.82, 2.24) is 15.0 Å². The van der Waals surface area contributed by atoms with Gasteiger partial charge in [-0.15, -0.1) is 0 Å². The summed E-state index contributed by atoms with van der Waals surface area (Å²) in [4.78, 5) is 13.7. The van der Waals surface area contributed by atoms with Crippen LogP contribution >= 0.6 is 23.5 Å². The van der Waals surface area contributed by atoms with E-state index in [1.807, 2.05) is 19.1 Å². The number of nitrogens with one attached hydrogen (secondary N) is 2.